The number of carbonyl (C=O) groups is 2. The van der Waals surface area contributed by atoms with Crippen molar-refractivity contribution in [3.63, 3.8) is 0 Å². The average molecular weight is 432 g/mol. The van der Waals surface area contributed by atoms with Crippen LogP contribution in [-0.2, 0) is 9.84 Å². The Morgan fingerprint density at radius 1 is 1.20 bits per heavy atom. The zero-order valence-electron chi connectivity index (χ0n) is 17.2. The molecule has 2 atom stereocenters. The summed E-state index contributed by atoms with van der Waals surface area (Å²) < 4.78 is 22.4. The third kappa shape index (κ3) is 6.38. The summed E-state index contributed by atoms with van der Waals surface area (Å²) in [6.07, 6.45) is 3.69. The Kier molecular flexibility index (Phi) is 7.28. The number of benzene rings is 1. The van der Waals surface area contributed by atoms with E-state index in [2.05, 4.69) is 20.6 Å². The standard InChI is InChI=1S/C20H25N5O4S/c1-12-7-5-6-8-15(12)14(3)24-16-11-22-19(25-17(16)18(21)26)20(27)23-13(2)9-10-30(4,28)29/h5-11,13-14,24H,1-4H3,(H2,21,26)(H,23,27)/b10-9+/t13-,14+/m1/s1. The molecule has 0 bridgehead atoms. The SMILES string of the molecule is Cc1ccccc1[C@H](C)Nc1cnc(C(=O)N[C@H](C)/C=C/S(C)(=O)=O)nc1C(N)=O. The Bertz CT molecular complexity index is 1080. The molecule has 2 amide bonds. The summed E-state index contributed by atoms with van der Waals surface area (Å²) in [6, 6.07) is 7.04. The van der Waals surface area contributed by atoms with Crippen molar-refractivity contribution >= 4 is 27.3 Å². The molecule has 1 heterocycles. The van der Waals surface area contributed by atoms with Gasteiger partial charge in [-0.15, -0.1) is 0 Å². The number of amides is 2. The first-order valence-electron chi connectivity index (χ1n) is 9.16. The lowest BCUT2D eigenvalue weighted by molar-refractivity contribution is 0.0936. The zero-order chi connectivity index (χ0) is 22.5. The molecule has 160 valence electrons. The van der Waals surface area contributed by atoms with Crippen LogP contribution in [0.25, 0.3) is 0 Å². The molecule has 0 radical (unpaired) electrons. The highest BCUT2D eigenvalue weighted by molar-refractivity contribution is 7.93. The lowest BCUT2D eigenvalue weighted by Gasteiger charge is -2.19. The molecule has 0 saturated heterocycles. The Morgan fingerprint density at radius 3 is 2.47 bits per heavy atom. The van der Waals surface area contributed by atoms with E-state index in [-0.39, 0.29) is 17.6 Å². The van der Waals surface area contributed by atoms with Crippen molar-refractivity contribution in [2.75, 3.05) is 11.6 Å². The number of sulfone groups is 1. The quantitative estimate of drug-likeness (QED) is 0.577. The van der Waals surface area contributed by atoms with E-state index < -0.39 is 27.7 Å². The fourth-order valence-electron chi connectivity index (χ4n) is 2.75. The topological polar surface area (TPSA) is 144 Å². The summed E-state index contributed by atoms with van der Waals surface area (Å²) in [5.41, 5.74) is 7.74. The summed E-state index contributed by atoms with van der Waals surface area (Å²) in [5, 5.41) is 6.69. The predicted octanol–water partition coefficient (Wildman–Crippen LogP) is 1.73. The number of nitrogens with one attached hydrogen (secondary N) is 2. The van der Waals surface area contributed by atoms with Crippen LogP contribution in [0.2, 0.25) is 0 Å². The molecule has 0 spiro atoms. The Labute approximate surface area is 175 Å². The normalized spacial score (nSPS) is 13.6. The maximum atomic E-state index is 12.4. The number of anilines is 1. The van der Waals surface area contributed by atoms with Gasteiger partial charge in [-0.3, -0.25) is 9.59 Å². The highest BCUT2D eigenvalue weighted by Crippen LogP contribution is 2.23. The van der Waals surface area contributed by atoms with Gasteiger partial charge in [-0.2, -0.15) is 0 Å². The van der Waals surface area contributed by atoms with E-state index in [0.717, 1.165) is 22.8 Å². The molecule has 0 aliphatic carbocycles. The third-order valence-corrected chi connectivity index (χ3v) is 4.88. The highest BCUT2D eigenvalue weighted by Gasteiger charge is 2.19. The summed E-state index contributed by atoms with van der Waals surface area (Å²) in [5.74, 6) is -1.73. The van der Waals surface area contributed by atoms with Crippen molar-refractivity contribution in [1.82, 2.24) is 15.3 Å². The zero-order valence-corrected chi connectivity index (χ0v) is 18.0. The van der Waals surface area contributed by atoms with E-state index in [1.165, 1.54) is 12.3 Å². The lowest BCUT2D eigenvalue weighted by atomic mass is 10.0. The first-order chi connectivity index (χ1) is 14.0. The van der Waals surface area contributed by atoms with Gasteiger partial charge in [0.1, 0.15) is 0 Å². The number of rotatable bonds is 8. The fourth-order valence-corrected chi connectivity index (χ4v) is 3.27. The summed E-state index contributed by atoms with van der Waals surface area (Å²) in [7, 11) is -3.31. The van der Waals surface area contributed by atoms with Gasteiger partial charge in [0.2, 0.25) is 5.82 Å². The van der Waals surface area contributed by atoms with Gasteiger partial charge < -0.3 is 16.4 Å². The second-order valence-corrected chi connectivity index (χ2v) is 8.89. The van der Waals surface area contributed by atoms with Crippen LogP contribution in [0, 0.1) is 6.92 Å². The number of nitrogens with zero attached hydrogens (tertiary/aromatic N) is 2. The second-order valence-electron chi connectivity index (χ2n) is 6.96. The van der Waals surface area contributed by atoms with Gasteiger partial charge in [-0.05, 0) is 31.9 Å². The minimum Gasteiger partial charge on any atom is -0.375 e. The number of nitrogens with two attached hydrogens (primary N) is 1. The van der Waals surface area contributed by atoms with Gasteiger partial charge in [0, 0.05) is 23.7 Å². The van der Waals surface area contributed by atoms with E-state index in [1.54, 1.807) is 6.92 Å². The van der Waals surface area contributed by atoms with Gasteiger partial charge in [0.05, 0.1) is 11.9 Å². The van der Waals surface area contributed by atoms with Gasteiger partial charge in [-0.25, -0.2) is 18.4 Å². The average Bonchev–Trinajstić information content (AvgIpc) is 2.66. The van der Waals surface area contributed by atoms with E-state index in [0.29, 0.717) is 5.69 Å². The second kappa shape index (κ2) is 9.49. The Morgan fingerprint density at radius 2 is 1.87 bits per heavy atom. The van der Waals surface area contributed by atoms with Crippen molar-refractivity contribution < 1.29 is 18.0 Å². The Balaban J connectivity index is 2.22. The molecule has 4 N–H and O–H groups in total. The molecule has 0 saturated carbocycles. The third-order valence-electron chi connectivity index (χ3n) is 4.23. The minimum atomic E-state index is -3.31. The number of aromatic nitrogens is 2. The van der Waals surface area contributed by atoms with Crippen LogP contribution < -0.4 is 16.4 Å². The minimum absolute atomic E-state index is 0.116. The number of primary amides is 1. The van der Waals surface area contributed by atoms with Crippen LogP contribution in [0.15, 0.2) is 41.9 Å². The molecule has 2 rings (SSSR count). The Hall–Kier alpha value is -3.27. The van der Waals surface area contributed by atoms with Crippen molar-refractivity contribution in [2.24, 2.45) is 5.73 Å². The van der Waals surface area contributed by atoms with Crippen molar-refractivity contribution in [3.8, 4) is 0 Å². The molecular formula is C20H25N5O4S. The molecule has 2 aromatic rings. The molecular weight excluding hydrogens is 406 g/mol. The van der Waals surface area contributed by atoms with Crippen LogP contribution in [0.1, 0.15) is 52.1 Å². The summed E-state index contributed by atoms with van der Waals surface area (Å²) in [6.45, 7) is 5.49. The number of aryl methyl sites for hydroxylation is 1. The first kappa shape index (κ1) is 23.0. The highest BCUT2D eigenvalue weighted by atomic mass is 32.2. The predicted molar refractivity (Wildman–Crippen MR) is 115 cm³/mol. The maximum Gasteiger partial charge on any atom is 0.289 e. The van der Waals surface area contributed by atoms with Crippen LogP contribution in [-0.4, -0.2) is 42.5 Å². The molecule has 1 aromatic carbocycles. The van der Waals surface area contributed by atoms with Gasteiger partial charge >= 0.3 is 0 Å². The van der Waals surface area contributed by atoms with E-state index in [4.69, 9.17) is 5.73 Å². The van der Waals surface area contributed by atoms with Crippen molar-refractivity contribution in [2.45, 2.75) is 32.9 Å². The molecule has 0 aliphatic heterocycles. The molecule has 0 aliphatic rings. The van der Waals surface area contributed by atoms with Crippen molar-refractivity contribution in [3.05, 3.63) is 64.6 Å². The molecule has 0 unspecified atom stereocenters. The van der Waals surface area contributed by atoms with Gasteiger partial charge in [0.15, 0.2) is 15.5 Å². The van der Waals surface area contributed by atoms with Crippen molar-refractivity contribution in [1.29, 1.82) is 0 Å². The van der Waals surface area contributed by atoms with Crippen LogP contribution in [0.4, 0.5) is 5.69 Å². The summed E-state index contributed by atoms with van der Waals surface area (Å²) in [4.78, 5) is 32.3. The first-order valence-corrected chi connectivity index (χ1v) is 11.1. The number of hydrogen-bond donors (Lipinski definition) is 3. The number of carbonyl (C=O) groups excluding carboxylic acids is 2. The van der Waals surface area contributed by atoms with Crippen LogP contribution >= 0.6 is 0 Å². The number of hydrogen-bond acceptors (Lipinski definition) is 7. The molecule has 30 heavy (non-hydrogen) atoms. The molecule has 9 nitrogen and oxygen atoms in total. The molecule has 1 aromatic heterocycles. The van der Waals surface area contributed by atoms with Gasteiger partial charge in [-0.1, -0.05) is 30.3 Å². The van der Waals surface area contributed by atoms with Crippen LogP contribution in [0.3, 0.4) is 0 Å². The van der Waals surface area contributed by atoms with Gasteiger partial charge in [0.25, 0.3) is 11.8 Å². The maximum absolute atomic E-state index is 12.4. The largest absolute Gasteiger partial charge is 0.375 e. The van der Waals surface area contributed by atoms with E-state index in [9.17, 15) is 18.0 Å². The van der Waals surface area contributed by atoms with E-state index >= 15 is 0 Å². The van der Waals surface area contributed by atoms with Crippen LogP contribution in [0.5, 0.6) is 0 Å². The monoisotopic (exact) mass is 431 g/mol. The summed E-state index contributed by atoms with van der Waals surface area (Å²) >= 11 is 0. The van der Waals surface area contributed by atoms with E-state index in [1.807, 2.05) is 38.1 Å². The molecule has 0 fully saturated rings. The fraction of sp³-hybridized carbons (Fsp3) is 0.300. The smallest absolute Gasteiger partial charge is 0.289 e. The lowest BCUT2D eigenvalue weighted by Crippen LogP contribution is -2.33. The molecule has 10 heteroatoms.